The Balaban J connectivity index is 1.74. The second-order valence-electron chi connectivity index (χ2n) is 8.07. The fraction of sp³-hybridized carbons (Fsp3) is 0.714. The standard InChI is InChI=1S/C21H29F3/c1-3-4-14-5-7-15(8-6-14)16-10-19(23)21(20(24)11-16)17-9-13(2)18(22)12-17/h10-11,13-15,17-18H,3-9,12H2,1-2H3/t13-,14-,15-,17?,18-/m1/s1. The summed E-state index contributed by atoms with van der Waals surface area (Å²) in [6.07, 6.45) is 6.68. The quantitative estimate of drug-likeness (QED) is 0.560. The third-order valence-corrected chi connectivity index (χ3v) is 6.31. The lowest BCUT2D eigenvalue weighted by molar-refractivity contribution is 0.277. The summed E-state index contributed by atoms with van der Waals surface area (Å²) in [6.45, 7) is 4.03. The van der Waals surface area contributed by atoms with Gasteiger partial charge in [0, 0.05) is 5.56 Å². The monoisotopic (exact) mass is 338 g/mol. The molecule has 134 valence electrons. The number of halogens is 3. The highest BCUT2D eigenvalue weighted by atomic mass is 19.1. The average Bonchev–Trinajstić information content (AvgIpc) is 2.86. The van der Waals surface area contributed by atoms with Crippen LogP contribution < -0.4 is 0 Å². The van der Waals surface area contributed by atoms with E-state index in [1.54, 1.807) is 0 Å². The minimum atomic E-state index is -0.942. The number of rotatable bonds is 4. The maximum Gasteiger partial charge on any atom is 0.129 e. The molecule has 0 nitrogen and oxygen atoms in total. The Hall–Kier alpha value is -0.990. The Morgan fingerprint density at radius 1 is 0.958 bits per heavy atom. The van der Waals surface area contributed by atoms with E-state index in [4.69, 9.17) is 0 Å². The molecule has 2 aliphatic rings. The van der Waals surface area contributed by atoms with E-state index in [2.05, 4.69) is 6.92 Å². The van der Waals surface area contributed by atoms with E-state index in [1.165, 1.54) is 25.0 Å². The van der Waals surface area contributed by atoms with E-state index in [1.807, 2.05) is 6.92 Å². The molecule has 3 heteroatoms. The smallest absolute Gasteiger partial charge is 0.129 e. The van der Waals surface area contributed by atoms with Crippen LogP contribution in [0.2, 0.25) is 0 Å². The van der Waals surface area contributed by atoms with Gasteiger partial charge < -0.3 is 0 Å². The largest absolute Gasteiger partial charge is 0.247 e. The van der Waals surface area contributed by atoms with Crippen LogP contribution in [-0.2, 0) is 0 Å². The summed E-state index contributed by atoms with van der Waals surface area (Å²) in [5.41, 5.74) is 0.914. The van der Waals surface area contributed by atoms with E-state index >= 15 is 0 Å². The molecule has 0 aliphatic heterocycles. The molecule has 0 radical (unpaired) electrons. The van der Waals surface area contributed by atoms with Crippen LogP contribution in [0.4, 0.5) is 13.2 Å². The Kier molecular flexibility index (Phi) is 5.56. The van der Waals surface area contributed by atoms with Crippen LogP contribution in [0.5, 0.6) is 0 Å². The van der Waals surface area contributed by atoms with Crippen molar-refractivity contribution >= 4 is 0 Å². The Morgan fingerprint density at radius 3 is 2.08 bits per heavy atom. The van der Waals surface area contributed by atoms with Crippen LogP contribution in [0.15, 0.2) is 12.1 Å². The Morgan fingerprint density at radius 2 is 1.58 bits per heavy atom. The van der Waals surface area contributed by atoms with Gasteiger partial charge in [-0.05, 0) is 79.9 Å². The fourth-order valence-electron chi connectivity index (χ4n) is 4.85. The molecule has 0 aromatic heterocycles. The molecule has 24 heavy (non-hydrogen) atoms. The predicted molar refractivity (Wildman–Crippen MR) is 92.0 cm³/mol. The molecule has 0 bridgehead atoms. The van der Waals surface area contributed by atoms with Gasteiger partial charge in [0.1, 0.15) is 17.8 Å². The molecular formula is C21H29F3. The van der Waals surface area contributed by atoms with Crippen molar-refractivity contribution in [2.45, 2.75) is 83.2 Å². The van der Waals surface area contributed by atoms with Gasteiger partial charge in [0.2, 0.25) is 0 Å². The zero-order valence-corrected chi connectivity index (χ0v) is 14.8. The molecule has 1 aromatic rings. The first-order chi connectivity index (χ1) is 11.5. The molecule has 0 spiro atoms. The Labute approximate surface area is 143 Å². The first-order valence-electron chi connectivity index (χ1n) is 9.62. The fourth-order valence-corrected chi connectivity index (χ4v) is 4.85. The van der Waals surface area contributed by atoms with E-state index in [0.29, 0.717) is 6.42 Å². The summed E-state index contributed by atoms with van der Waals surface area (Å²) in [5.74, 6) is -0.306. The lowest BCUT2D eigenvalue weighted by Gasteiger charge is -2.29. The van der Waals surface area contributed by atoms with Crippen molar-refractivity contribution in [1.82, 2.24) is 0 Å². The number of hydrogen-bond donors (Lipinski definition) is 0. The van der Waals surface area contributed by atoms with Gasteiger partial charge in [-0.2, -0.15) is 0 Å². The topological polar surface area (TPSA) is 0 Å². The molecule has 1 aromatic carbocycles. The third kappa shape index (κ3) is 3.65. The van der Waals surface area contributed by atoms with Crippen molar-refractivity contribution in [1.29, 1.82) is 0 Å². The molecule has 3 rings (SSSR count). The van der Waals surface area contributed by atoms with Gasteiger partial charge >= 0.3 is 0 Å². The summed E-state index contributed by atoms with van der Waals surface area (Å²) < 4.78 is 43.0. The first-order valence-corrected chi connectivity index (χ1v) is 9.62. The minimum absolute atomic E-state index is 0.109. The van der Waals surface area contributed by atoms with Crippen LogP contribution in [0.3, 0.4) is 0 Å². The molecule has 1 unspecified atom stereocenters. The average molecular weight is 338 g/mol. The van der Waals surface area contributed by atoms with Crippen molar-refractivity contribution < 1.29 is 13.2 Å². The van der Waals surface area contributed by atoms with E-state index < -0.39 is 17.8 Å². The van der Waals surface area contributed by atoms with E-state index in [0.717, 1.165) is 37.2 Å². The normalized spacial score (nSPS) is 33.8. The molecule has 0 heterocycles. The molecule has 2 fully saturated rings. The number of alkyl halides is 1. The van der Waals surface area contributed by atoms with Crippen molar-refractivity contribution in [3.8, 4) is 0 Å². The van der Waals surface area contributed by atoms with E-state index in [9.17, 15) is 13.2 Å². The molecule has 2 saturated carbocycles. The van der Waals surface area contributed by atoms with Gasteiger partial charge in [-0.1, -0.05) is 26.7 Å². The van der Waals surface area contributed by atoms with Gasteiger partial charge in [0.15, 0.2) is 0 Å². The third-order valence-electron chi connectivity index (χ3n) is 6.31. The number of benzene rings is 1. The summed E-state index contributed by atoms with van der Waals surface area (Å²) in [6, 6.07) is 3.05. The second-order valence-corrected chi connectivity index (χ2v) is 8.07. The molecule has 0 saturated heterocycles. The van der Waals surface area contributed by atoms with Crippen LogP contribution in [-0.4, -0.2) is 6.17 Å². The zero-order chi connectivity index (χ0) is 17.3. The highest BCUT2D eigenvalue weighted by Crippen LogP contribution is 2.43. The predicted octanol–water partition coefficient (Wildman–Crippen LogP) is 6.89. The highest BCUT2D eigenvalue weighted by Gasteiger charge is 2.35. The maximum atomic E-state index is 14.6. The maximum absolute atomic E-state index is 14.6. The number of hydrogen-bond acceptors (Lipinski definition) is 0. The summed E-state index contributed by atoms with van der Waals surface area (Å²) in [7, 11) is 0. The van der Waals surface area contributed by atoms with Crippen molar-refractivity contribution in [3.63, 3.8) is 0 Å². The van der Waals surface area contributed by atoms with Crippen LogP contribution in [0, 0.1) is 23.5 Å². The van der Waals surface area contributed by atoms with Crippen molar-refractivity contribution in [3.05, 3.63) is 34.9 Å². The van der Waals surface area contributed by atoms with Gasteiger partial charge in [0.25, 0.3) is 0 Å². The second kappa shape index (κ2) is 7.49. The summed E-state index contributed by atoms with van der Waals surface area (Å²) >= 11 is 0. The SMILES string of the molecule is CCC[C@H]1CC[C@H](c2cc(F)c(C3C[C@@H](C)[C@H](F)C3)c(F)c2)CC1. The minimum Gasteiger partial charge on any atom is -0.247 e. The van der Waals surface area contributed by atoms with Crippen LogP contribution >= 0.6 is 0 Å². The van der Waals surface area contributed by atoms with Gasteiger partial charge in [-0.15, -0.1) is 0 Å². The molecular weight excluding hydrogens is 309 g/mol. The first kappa shape index (κ1) is 17.8. The zero-order valence-electron chi connectivity index (χ0n) is 14.8. The summed E-state index contributed by atoms with van der Waals surface area (Å²) in [5, 5.41) is 0. The summed E-state index contributed by atoms with van der Waals surface area (Å²) in [4.78, 5) is 0. The lowest BCUT2D eigenvalue weighted by atomic mass is 9.77. The lowest BCUT2D eigenvalue weighted by Crippen LogP contribution is -2.14. The molecule has 2 aliphatic carbocycles. The van der Waals surface area contributed by atoms with Gasteiger partial charge in [-0.3, -0.25) is 0 Å². The molecule has 3 atom stereocenters. The highest BCUT2D eigenvalue weighted by molar-refractivity contribution is 5.32. The molecule has 0 N–H and O–H groups in total. The molecule has 0 amide bonds. The van der Waals surface area contributed by atoms with Gasteiger partial charge in [0.05, 0.1) is 0 Å². The van der Waals surface area contributed by atoms with Crippen LogP contribution in [0.1, 0.15) is 88.2 Å². The van der Waals surface area contributed by atoms with Crippen LogP contribution in [0.25, 0.3) is 0 Å². The van der Waals surface area contributed by atoms with Crippen molar-refractivity contribution in [2.24, 2.45) is 11.8 Å². The van der Waals surface area contributed by atoms with Crippen molar-refractivity contribution in [2.75, 3.05) is 0 Å². The Bertz CT molecular complexity index is 527. The van der Waals surface area contributed by atoms with Gasteiger partial charge in [-0.25, -0.2) is 13.2 Å². The van der Waals surface area contributed by atoms with E-state index in [-0.39, 0.29) is 29.7 Å².